The number of nitrogen functional groups attached to an aromatic ring is 1. The standard InChI is InChI=1S/C12H14N4O2/c1-7-8(2-5-18-7)11-14-10-3-4-17-6-9(10)12(15-11)16-13/h2,5H,3-4,6,13H2,1H3,(H,14,15,16). The Hall–Kier alpha value is -1.92. The Kier molecular flexibility index (Phi) is 2.73. The number of aromatic nitrogens is 2. The molecule has 0 aliphatic carbocycles. The van der Waals surface area contributed by atoms with Crippen LogP contribution in [0.3, 0.4) is 0 Å². The summed E-state index contributed by atoms with van der Waals surface area (Å²) in [6, 6.07) is 1.86. The topological polar surface area (TPSA) is 86.2 Å². The number of aryl methyl sites for hydroxylation is 1. The molecule has 0 radical (unpaired) electrons. The van der Waals surface area contributed by atoms with Crippen LogP contribution < -0.4 is 11.3 Å². The molecule has 2 aromatic heterocycles. The van der Waals surface area contributed by atoms with E-state index in [0.29, 0.717) is 24.9 Å². The van der Waals surface area contributed by atoms with Crippen molar-refractivity contribution in [2.24, 2.45) is 5.84 Å². The molecule has 0 saturated heterocycles. The lowest BCUT2D eigenvalue weighted by Gasteiger charge is -2.18. The molecule has 3 heterocycles. The second-order valence-corrected chi connectivity index (χ2v) is 4.16. The average Bonchev–Trinajstić information content (AvgIpc) is 2.83. The first-order chi connectivity index (χ1) is 8.79. The van der Waals surface area contributed by atoms with Gasteiger partial charge in [-0.15, -0.1) is 0 Å². The van der Waals surface area contributed by atoms with Crippen molar-refractivity contribution in [3.63, 3.8) is 0 Å². The molecular weight excluding hydrogens is 232 g/mol. The predicted molar refractivity (Wildman–Crippen MR) is 65.6 cm³/mol. The summed E-state index contributed by atoms with van der Waals surface area (Å²) in [5.41, 5.74) is 5.43. The molecule has 3 N–H and O–H groups in total. The Morgan fingerprint density at radius 1 is 1.39 bits per heavy atom. The quantitative estimate of drug-likeness (QED) is 0.615. The van der Waals surface area contributed by atoms with Crippen molar-refractivity contribution in [1.82, 2.24) is 9.97 Å². The van der Waals surface area contributed by atoms with E-state index in [1.54, 1.807) is 6.26 Å². The van der Waals surface area contributed by atoms with E-state index in [2.05, 4.69) is 15.4 Å². The van der Waals surface area contributed by atoms with Crippen molar-refractivity contribution in [2.75, 3.05) is 12.0 Å². The van der Waals surface area contributed by atoms with Gasteiger partial charge in [0.25, 0.3) is 0 Å². The molecule has 1 aliphatic rings. The number of hydrogen-bond acceptors (Lipinski definition) is 6. The first kappa shape index (κ1) is 11.2. The van der Waals surface area contributed by atoms with E-state index in [-0.39, 0.29) is 0 Å². The van der Waals surface area contributed by atoms with E-state index >= 15 is 0 Å². The lowest BCUT2D eigenvalue weighted by atomic mass is 10.1. The third-order valence-electron chi connectivity index (χ3n) is 3.06. The summed E-state index contributed by atoms with van der Waals surface area (Å²) < 4.78 is 10.7. The number of hydrazine groups is 1. The highest BCUT2D eigenvalue weighted by Gasteiger charge is 2.19. The molecule has 0 amide bonds. The second-order valence-electron chi connectivity index (χ2n) is 4.16. The molecule has 0 fully saturated rings. The molecule has 0 saturated carbocycles. The van der Waals surface area contributed by atoms with Crippen LogP contribution in [0.1, 0.15) is 17.0 Å². The van der Waals surface area contributed by atoms with Crippen molar-refractivity contribution in [3.05, 3.63) is 29.3 Å². The third kappa shape index (κ3) is 1.75. The molecule has 3 rings (SSSR count). The first-order valence-electron chi connectivity index (χ1n) is 5.78. The van der Waals surface area contributed by atoms with Crippen LogP contribution in [0.5, 0.6) is 0 Å². The van der Waals surface area contributed by atoms with Gasteiger partial charge in [0, 0.05) is 12.0 Å². The van der Waals surface area contributed by atoms with Gasteiger partial charge in [-0.2, -0.15) is 0 Å². The van der Waals surface area contributed by atoms with E-state index < -0.39 is 0 Å². The summed E-state index contributed by atoms with van der Waals surface area (Å²) in [7, 11) is 0. The average molecular weight is 246 g/mol. The normalized spacial score (nSPS) is 14.3. The monoisotopic (exact) mass is 246 g/mol. The fourth-order valence-corrected chi connectivity index (χ4v) is 2.09. The number of furan rings is 1. The molecule has 2 aromatic rings. The van der Waals surface area contributed by atoms with Crippen LogP contribution in [-0.4, -0.2) is 16.6 Å². The number of anilines is 1. The minimum atomic E-state index is 0.500. The zero-order valence-corrected chi connectivity index (χ0v) is 10.1. The summed E-state index contributed by atoms with van der Waals surface area (Å²) in [6.45, 7) is 3.06. The number of fused-ring (bicyclic) bond motifs is 1. The van der Waals surface area contributed by atoms with Crippen LogP contribution in [0.4, 0.5) is 5.82 Å². The lowest BCUT2D eigenvalue weighted by Crippen LogP contribution is -2.19. The van der Waals surface area contributed by atoms with Gasteiger partial charge in [0.1, 0.15) is 11.6 Å². The van der Waals surface area contributed by atoms with E-state index in [1.165, 1.54) is 0 Å². The molecule has 0 aromatic carbocycles. The zero-order valence-electron chi connectivity index (χ0n) is 10.1. The summed E-state index contributed by atoms with van der Waals surface area (Å²) >= 11 is 0. The number of rotatable bonds is 2. The van der Waals surface area contributed by atoms with Crippen LogP contribution in [0.25, 0.3) is 11.4 Å². The molecule has 0 unspecified atom stereocenters. The molecule has 6 heteroatoms. The molecule has 0 spiro atoms. The van der Waals surface area contributed by atoms with Gasteiger partial charge in [-0.05, 0) is 13.0 Å². The lowest BCUT2D eigenvalue weighted by molar-refractivity contribution is 0.109. The van der Waals surface area contributed by atoms with Crippen LogP contribution in [0.2, 0.25) is 0 Å². The zero-order chi connectivity index (χ0) is 12.5. The Balaban J connectivity index is 2.14. The smallest absolute Gasteiger partial charge is 0.165 e. The van der Waals surface area contributed by atoms with E-state index in [9.17, 15) is 0 Å². The highest BCUT2D eigenvalue weighted by atomic mass is 16.5. The minimum absolute atomic E-state index is 0.500. The maximum Gasteiger partial charge on any atom is 0.165 e. The number of nitrogens with two attached hydrogens (primary N) is 1. The van der Waals surface area contributed by atoms with Crippen molar-refractivity contribution in [3.8, 4) is 11.4 Å². The van der Waals surface area contributed by atoms with Crippen LogP contribution in [0.15, 0.2) is 16.7 Å². The van der Waals surface area contributed by atoms with Gasteiger partial charge in [-0.25, -0.2) is 15.8 Å². The van der Waals surface area contributed by atoms with Crippen LogP contribution >= 0.6 is 0 Å². The number of hydrogen-bond donors (Lipinski definition) is 2. The summed E-state index contributed by atoms with van der Waals surface area (Å²) in [4.78, 5) is 9.00. The van der Waals surface area contributed by atoms with Gasteiger partial charge in [0.2, 0.25) is 0 Å². The molecular formula is C12H14N4O2. The van der Waals surface area contributed by atoms with Gasteiger partial charge in [-0.3, -0.25) is 0 Å². The minimum Gasteiger partial charge on any atom is -0.469 e. The maximum absolute atomic E-state index is 5.51. The molecule has 94 valence electrons. The van der Waals surface area contributed by atoms with Gasteiger partial charge < -0.3 is 14.6 Å². The van der Waals surface area contributed by atoms with E-state index in [1.807, 2.05) is 13.0 Å². The Morgan fingerprint density at radius 3 is 3.00 bits per heavy atom. The van der Waals surface area contributed by atoms with Gasteiger partial charge in [0.05, 0.1) is 30.7 Å². The fraction of sp³-hybridized carbons (Fsp3) is 0.333. The highest BCUT2D eigenvalue weighted by molar-refractivity contribution is 5.61. The predicted octanol–water partition coefficient (Wildman–Crippen LogP) is 1.40. The molecule has 0 atom stereocenters. The third-order valence-corrected chi connectivity index (χ3v) is 3.06. The molecule has 1 aliphatic heterocycles. The van der Waals surface area contributed by atoms with Crippen LogP contribution in [0, 0.1) is 6.92 Å². The Bertz CT molecular complexity index is 562. The van der Waals surface area contributed by atoms with Gasteiger partial charge in [0.15, 0.2) is 5.82 Å². The highest BCUT2D eigenvalue weighted by Crippen LogP contribution is 2.27. The summed E-state index contributed by atoms with van der Waals surface area (Å²) in [6.07, 6.45) is 2.41. The van der Waals surface area contributed by atoms with Crippen molar-refractivity contribution < 1.29 is 9.15 Å². The molecule has 6 nitrogen and oxygen atoms in total. The number of nitrogens with one attached hydrogen (secondary N) is 1. The number of ether oxygens (including phenoxy) is 1. The number of nitrogens with zero attached hydrogens (tertiary/aromatic N) is 2. The largest absolute Gasteiger partial charge is 0.469 e. The Labute approximate surface area is 104 Å². The first-order valence-corrected chi connectivity index (χ1v) is 5.78. The van der Waals surface area contributed by atoms with E-state index in [4.69, 9.17) is 15.0 Å². The van der Waals surface area contributed by atoms with Crippen molar-refractivity contribution in [2.45, 2.75) is 20.0 Å². The van der Waals surface area contributed by atoms with Crippen LogP contribution in [-0.2, 0) is 17.8 Å². The van der Waals surface area contributed by atoms with Crippen molar-refractivity contribution in [1.29, 1.82) is 0 Å². The van der Waals surface area contributed by atoms with E-state index in [0.717, 1.165) is 29.0 Å². The fourth-order valence-electron chi connectivity index (χ4n) is 2.09. The second kappa shape index (κ2) is 4.40. The summed E-state index contributed by atoms with van der Waals surface area (Å²) in [5.74, 6) is 7.57. The maximum atomic E-state index is 5.51. The van der Waals surface area contributed by atoms with Gasteiger partial charge >= 0.3 is 0 Å². The summed E-state index contributed by atoms with van der Waals surface area (Å²) in [5, 5.41) is 0. The van der Waals surface area contributed by atoms with Gasteiger partial charge in [-0.1, -0.05) is 0 Å². The van der Waals surface area contributed by atoms with Crippen molar-refractivity contribution >= 4 is 5.82 Å². The molecule has 18 heavy (non-hydrogen) atoms. The molecule has 0 bridgehead atoms. The SMILES string of the molecule is Cc1occc1-c1nc2c(c(NN)n1)COCC2. The Morgan fingerprint density at radius 2 is 2.28 bits per heavy atom.